The number of nitrogens with zero attached hydrogens (tertiary/aromatic N) is 2. The Balaban J connectivity index is 1.67. The first-order valence-corrected chi connectivity index (χ1v) is 8.28. The molecule has 2 heterocycles. The average Bonchev–Trinajstić information content (AvgIpc) is 3.14. The fourth-order valence-corrected chi connectivity index (χ4v) is 3.47. The highest BCUT2D eigenvalue weighted by Gasteiger charge is 2.29. The van der Waals surface area contributed by atoms with E-state index in [0.717, 1.165) is 37.6 Å². The highest BCUT2D eigenvalue weighted by Crippen LogP contribution is 2.30. The van der Waals surface area contributed by atoms with E-state index in [2.05, 4.69) is 28.9 Å². The molecule has 0 amide bonds. The van der Waals surface area contributed by atoms with Crippen LogP contribution >= 0.6 is 0 Å². The minimum absolute atomic E-state index is 0.717. The number of ether oxygens (including phenoxy) is 1. The number of benzene rings is 1. The van der Waals surface area contributed by atoms with Crippen molar-refractivity contribution < 1.29 is 4.74 Å². The van der Waals surface area contributed by atoms with Crippen LogP contribution < -0.4 is 15.4 Å². The molecule has 0 radical (unpaired) electrons. The van der Waals surface area contributed by atoms with E-state index < -0.39 is 0 Å². The summed E-state index contributed by atoms with van der Waals surface area (Å²) < 4.78 is 5.75. The number of nitrogens with two attached hydrogens (primary N) is 1. The molecule has 1 atom stereocenters. The molecule has 0 bridgehead atoms. The van der Waals surface area contributed by atoms with Crippen LogP contribution in [-0.2, 0) is 0 Å². The number of anilines is 2. The van der Waals surface area contributed by atoms with Crippen molar-refractivity contribution in [3.63, 3.8) is 0 Å². The lowest BCUT2D eigenvalue weighted by Gasteiger charge is -2.25. The Morgan fingerprint density at radius 3 is 2.76 bits per heavy atom. The van der Waals surface area contributed by atoms with E-state index in [9.17, 15) is 0 Å². The molecule has 2 fully saturated rings. The summed E-state index contributed by atoms with van der Waals surface area (Å²) in [5.74, 6) is 0.900. The summed E-state index contributed by atoms with van der Waals surface area (Å²) in [6.45, 7) is 7.67. The second kappa shape index (κ2) is 6.56. The molecule has 2 aliphatic rings. The maximum Gasteiger partial charge on any atom is 0.123 e. The van der Waals surface area contributed by atoms with Crippen molar-refractivity contribution in [2.75, 3.05) is 43.4 Å². The molecular weight excluding hydrogens is 262 g/mol. The zero-order chi connectivity index (χ0) is 14.7. The Bertz CT molecular complexity index is 471. The third-order valence-electron chi connectivity index (χ3n) is 4.57. The summed E-state index contributed by atoms with van der Waals surface area (Å²) in [4.78, 5) is 5.11. The smallest absolute Gasteiger partial charge is 0.123 e. The molecule has 4 nitrogen and oxygen atoms in total. The molecule has 1 aromatic rings. The lowest BCUT2D eigenvalue weighted by molar-refractivity contribution is 0.260. The summed E-state index contributed by atoms with van der Waals surface area (Å²) in [6.07, 6.45) is 5.01. The normalized spacial score (nSPS) is 22.9. The summed E-state index contributed by atoms with van der Waals surface area (Å²) in [7, 11) is 0. The van der Waals surface area contributed by atoms with E-state index in [0.29, 0.717) is 6.04 Å². The number of likely N-dealkylation sites (tertiary alicyclic amines) is 1. The van der Waals surface area contributed by atoms with Crippen LogP contribution in [0.1, 0.15) is 32.6 Å². The second-order valence-electron chi connectivity index (χ2n) is 6.24. The summed E-state index contributed by atoms with van der Waals surface area (Å²) >= 11 is 0. The standard InChI is InChI=1S/C17H27N3O/c1-2-9-21-17-11-14(18)10-16(12-17)20-8-5-15(13-20)19-6-3-4-7-19/h10-12,15H,2-9,13,18H2,1H3. The molecule has 116 valence electrons. The first-order valence-electron chi connectivity index (χ1n) is 8.28. The Kier molecular flexibility index (Phi) is 4.54. The van der Waals surface area contributed by atoms with Gasteiger partial charge in [0.2, 0.25) is 0 Å². The largest absolute Gasteiger partial charge is 0.493 e. The van der Waals surface area contributed by atoms with Gasteiger partial charge in [-0.2, -0.15) is 0 Å². The van der Waals surface area contributed by atoms with Gasteiger partial charge in [-0.25, -0.2) is 0 Å². The number of hydrogen-bond donors (Lipinski definition) is 1. The number of hydrogen-bond acceptors (Lipinski definition) is 4. The van der Waals surface area contributed by atoms with Crippen LogP contribution in [0.2, 0.25) is 0 Å². The van der Waals surface area contributed by atoms with Gasteiger partial charge in [-0.05, 0) is 44.8 Å². The van der Waals surface area contributed by atoms with E-state index in [4.69, 9.17) is 10.5 Å². The third-order valence-corrected chi connectivity index (χ3v) is 4.57. The highest BCUT2D eigenvalue weighted by atomic mass is 16.5. The molecule has 2 N–H and O–H groups in total. The molecule has 0 spiro atoms. The molecule has 0 saturated carbocycles. The van der Waals surface area contributed by atoms with Crippen molar-refractivity contribution in [2.24, 2.45) is 0 Å². The highest BCUT2D eigenvalue weighted by molar-refractivity contribution is 5.61. The van der Waals surface area contributed by atoms with Crippen molar-refractivity contribution in [3.05, 3.63) is 18.2 Å². The van der Waals surface area contributed by atoms with Gasteiger partial charge >= 0.3 is 0 Å². The molecule has 0 aliphatic carbocycles. The zero-order valence-electron chi connectivity index (χ0n) is 13.1. The Morgan fingerprint density at radius 1 is 1.19 bits per heavy atom. The zero-order valence-corrected chi connectivity index (χ0v) is 13.1. The van der Waals surface area contributed by atoms with Gasteiger partial charge in [0.25, 0.3) is 0 Å². The summed E-state index contributed by atoms with van der Waals surface area (Å²) in [6, 6.07) is 6.85. The topological polar surface area (TPSA) is 41.7 Å². The van der Waals surface area contributed by atoms with Crippen LogP contribution in [0.5, 0.6) is 5.75 Å². The average molecular weight is 289 g/mol. The van der Waals surface area contributed by atoms with Gasteiger partial charge < -0.3 is 15.4 Å². The van der Waals surface area contributed by atoms with Crippen molar-refractivity contribution in [2.45, 2.75) is 38.6 Å². The van der Waals surface area contributed by atoms with Gasteiger partial charge in [0.15, 0.2) is 0 Å². The molecule has 21 heavy (non-hydrogen) atoms. The molecule has 2 saturated heterocycles. The summed E-state index contributed by atoms with van der Waals surface area (Å²) in [5, 5.41) is 0. The molecule has 3 rings (SSSR count). The van der Waals surface area contributed by atoms with Crippen molar-refractivity contribution in [1.29, 1.82) is 0 Å². The van der Waals surface area contributed by atoms with E-state index in [-0.39, 0.29) is 0 Å². The molecule has 0 aromatic heterocycles. The van der Waals surface area contributed by atoms with Gasteiger partial charge in [0, 0.05) is 42.6 Å². The number of rotatable bonds is 5. The van der Waals surface area contributed by atoms with Crippen molar-refractivity contribution in [1.82, 2.24) is 4.90 Å². The van der Waals surface area contributed by atoms with Gasteiger partial charge in [-0.3, -0.25) is 4.90 Å². The quantitative estimate of drug-likeness (QED) is 0.846. The Hall–Kier alpha value is -1.42. The lowest BCUT2D eigenvalue weighted by Crippen LogP contribution is -2.35. The fourth-order valence-electron chi connectivity index (χ4n) is 3.47. The van der Waals surface area contributed by atoms with Gasteiger partial charge in [0.1, 0.15) is 5.75 Å². The molecule has 4 heteroatoms. The lowest BCUT2D eigenvalue weighted by atomic mass is 10.2. The third kappa shape index (κ3) is 3.43. The van der Waals surface area contributed by atoms with E-state index >= 15 is 0 Å². The second-order valence-corrected chi connectivity index (χ2v) is 6.24. The monoisotopic (exact) mass is 289 g/mol. The minimum Gasteiger partial charge on any atom is -0.493 e. The van der Waals surface area contributed by atoms with Crippen molar-refractivity contribution in [3.8, 4) is 5.75 Å². The van der Waals surface area contributed by atoms with Gasteiger partial charge in [0.05, 0.1) is 6.61 Å². The fraction of sp³-hybridized carbons (Fsp3) is 0.647. The van der Waals surface area contributed by atoms with Gasteiger partial charge in [-0.1, -0.05) is 6.92 Å². The Labute approximate surface area is 127 Å². The first-order chi connectivity index (χ1) is 10.3. The number of nitrogen functional groups attached to an aromatic ring is 1. The predicted molar refractivity (Wildman–Crippen MR) is 88.1 cm³/mol. The van der Waals surface area contributed by atoms with E-state index in [1.165, 1.54) is 38.0 Å². The van der Waals surface area contributed by atoms with Crippen LogP contribution in [0.4, 0.5) is 11.4 Å². The van der Waals surface area contributed by atoms with Crippen LogP contribution in [0.15, 0.2) is 18.2 Å². The summed E-state index contributed by atoms with van der Waals surface area (Å²) in [5.41, 5.74) is 8.04. The van der Waals surface area contributed by atoms with E-state index in [1.807, 2.05) is 6.07 Å². The van der Waals surface area contributed by atoms with Crippen LogP contribution in [0, 0.1) is 0 Å². The maximum atomic E-state index is 6.04. The minimum atomic E-state index is 0.717. The van der Waals surface area contributed by atoms with Crippen LogP contribution in [-0.4, -0.2) is 43.7 Å². The van der Waals surface area contributed by atoms with E-state index in [1.54, 1.807) is 0 Å². The molecule has 1 aromatic carbocycles. The van der Waals surface area contributed by atoms with Crippen LogP contribution in [0.25, 0.3) is 0 Å². The maximum absolute atomic E-state index is 6.04. The van der Waals surface area contributed by atoms with Gasteiger partial charge in [-0.15, -0.1) is 0 Å². The predicted octanol–water partition coefficient (Wildman–Crippen LogP) is 2.73. The molecular formula is C17H27N3O. The van der Waals surface area contributed by atoms with Crippen LogP contribution in [0.3, 0.4) is 0 Å². The molecule has 1 unspecified atom stereocenters. The SMILES string of the molecule is CCCOc1cc(N)cc(N2CCC(N3CCCC3)C2)c1. The molecule has 2 aliphatic heterocycles. The first kappa shape index (κ1) is 14.5. The van der Waals surface area contributed by atoms with Crippen molar-refractivity contribution >= 4 is 11.4 Å². The Morgan fingerprint density at radius 2 is 2.00 bits per heavy atom.